The van der Waals surface area contributed by atoms with E-state index < -0.39 is 0 Å². The van der Waals surface area contributed by atoms with Gasteiger partial charge in [-0.2, -0.15) is 5.26 Å². The van der Waals surface area contributed by atoms with Crippen molar-refractivity contribution in [3.05, 3.63) is 5.92 Å². The van der Waals surface area contributed by atoms with Crippen molar-refractivity contribution in [2.24, 2.45) is 5.92 Å². The van der Waals surface area contributed by atoms with E-state index in [1.165, 1.54) is 5.92 Å². The number of rotatable bonds is 1. The molecule has 1 heteroatoms. The lowest BCUT2D eigenvalue weighted by molar-refractivity contribution is 0.757. The van der Waals surface area contributed by atoms with E-state index in [2.05, 4.69) is 6.07 Å². The summed E-state index contributed by atoms with van der Waals surface area (Å²) in [7, 11) is 0. The Kier molecular flexibility index (Phi) is 2.44. The Morgan fingerprint density at radius 2 is 2.00 bits per heavy atom. The van der Waals surface area contributed by atoms with Crippen LogP contribution in [0.25, 0.3) is 0 Å². The van der Waals surface area contributed by atoms with E-state index in [0.29, 0.717) is 0 Å². The van der Waals surface area contributed by atoms with Gasteiger partial charge < -0.3 is 0 Å². The highest BCUT2D eigenvalue weighted by Gasteiger charge is 2.02. The molecule has 1 radical (unpaired) electrons. The number of hydrogen-bond donors (Lipinski definition) is 0. The second-order valence-corrected chi connectivity index (χ2v) is 1.93. The number of nitriles is 1. The zero-order chi connectivity index (χ0) is 5.86. The molecule has 39 valence electrons. The first-order chi connectivity index (χ1) is 3.18. The molecular weight excluding hydrogens is 86.1 g/mol. The standard InChI is InChI=1S/C6H10N/c1-5(2)6(3)4-7/h6H,1-3H3. The molecule has 1 nitrogen and oxygen atoms in total. The van der Waals surface area contributed by atoms with Crippen LogP contribution in [0.15, 0.2) is 0 Å². The van der Waals surface area contributed by atoms with Crippen LogP contribution >= 0.6 is 0 Å². The molecule has 0 aromatic heterocycles. The minimum absolute atomic E-state index is 0.125. The average molecular weight is 96.2 g/mol. The molecule has 0 rings (SSSR count). The molecule has 7 heavy (non-hydrogen) atoms. The molecule has 0 spiro atoms. The third kappa shape index (κ3) is 2.22. The molecule has 0 aliphatic heterocycles. The Morgan fingerprint density at radius 1 is 1.57 bits per heavy atom. The van der Waals surface area contributed by atoms with Gasteiger partial charge in [-0.15, -0.1) is 0 Å². The number of nitrogens with zero attached hydrogens (tertiary/aromatic N) is 1. The zero-order valence-corrected chi connectivity index (χ0v) is 5.02. The van der Waals surface area contributed by atoms with Crippen LogP contribution in [0.4, 0.5) is 0 Å². The van der Waals surface area contributed by atoms with E-state index in [0.717, 1.165) is 0 Å². The number of hydrogen-bond acceptors (Lipinski definition) is 1. The Hall–Kier alpha value is -0.510. The van der Waals surface area contributed by atoms with Crippen LogP contribution in [0.2, 0.25) is 0 Å². The second-order valence-electron chi connectivity index (χ2n) is 1.93. The summed E-state index contributed by atoms with van der Waals surface area (Å²) in [6.07, 6.45) is 0. The van der Waals surface area contributed by atoms with Crippen LogP contribution in [-0.4, -0.2) is 0 Å². The van der Waals surface area contributed by atoms with Gasteiger partial charge in [0, 0.05) is 5.92 Å². The topological polar surface area (TPSA) is 23.8 Å². The fourth-order valence-corrected chi connectivity index (χ4v) is 0.129. The van der Waals surface area contributed by atoms with E-state index in [9.17, 15) is 0 Å². The fourth-order valence-electron chi connectivity index (χ4n) is 0.129. The summed E-state index contributed by atoms with van der Waals surface area (Å²) in [4.78, 5) is 0. The summed E-state index contributed by atoms with van der Waals surface area (Å²) >= 11 is 0. The van der Waals surface area contributed by atoms with Crippen LogP contribution < -0.4 is 0 Å². The van der Waals surface area contributed by atoms with Crippen LogP contribution in [0.1, 0.15) is 20.8 Å². The smallest absolute Gasteiger partial charge is 0.0658 e. The minimum Gasteiger partial charge on any atom is -0.198 e. The zero-order valence-electron chi connectivity index (χ0n) is 5.02. The molecule has 1 unspecified atom stereocenters. The summed E-state index contributed by atoms with van der Waals surface area (Å²) in [6.45, 7) is 5.83. The molecule has 0 aliphatic rings. The maximum Gasteiger partial charge on any atom is 0.0658 e. The molecule has 0 saturated heterocycles. The molecule has 0 aromatic carbocycles. The normalized spacial score (nSPS) is 13.6. The second kappa shape index (κ2) is 2.63. The molecule has 0 fully saturated rings. The van der Waals surface area contributed by atoms with Crippen molar-refractivity contribution in [1.82, 2.24) is 0 Å². The Labute approximate surface area is 45.0 Å². The van der Waals surface area contributed by atoms with Gasteiger partial charge in [-0.3, -0.25) is 0 Å². The van der Waals surface area contributed by atoms with Gasteiger partial charge in [0.2, 0.25) is 0 Å². The lowest BCUT2D eigenvalue weighted by atomic mass is 10.0. The van der Waals surface area contributed by atoms with Crippen molar-refractivity contribution in [1.29, 1.82) is 5.26 Å². The highest BCUT2D eigenvalue weighted by molar-refractivity contribution is 4.97. The summed E-state index contributed by atoms with van der Waals surface area (Å²) in [6, 6.07) is 2.13. The van der Waals surface area contributed by atoms with Crippen molar-refractivity contribution in [2.75, 3.05) is 0 Å². The predicted molar refractivity (Wildman–Crippen MR) is 29.4 cm³/mol. The first kappa shape index (κ1) is 6.49. The first-order valence-electron chi connectivity index (χ1n) is 2.38. The molecule has 1 atom stereocenters. The van der Waals surface area contributed by atoms with Gasteiger partial charge in [-0.1, -0.05) is 13.8 Å². The molecular formula is C6H10N. The first-order valence-corrected chi connectivity index (χ1v) is 2.38. The van der Waals surface area contributed by atoms with Gasteiger partial charge in [0.1, 0.15) is 0 Å². The van der Waals surface area contributed by atoms with E-state index >= 15 is 0 Å². The lowest BCUT2D eigenvalue weighted by Gasteiger charge is -2.01. The summed E-state index contributed by atoms with van der Waals surface area (Å²) < 4.78 is 0. The molecule has 0 heterocycles. The summed E-state index contributed by atoms with van der Waals surface area (Å²) in [5.41, 5.74) is 0. The largest absolute Gasteiger partial charge is 0.198 e. The molecule has 0 bridgehead atoms. The van der Waals surface area contributed by atoms with Crippen molar-refractivity contribution >= 4 is 0 Å². The Bertz CT molecular complexity index is 78.7. The van der Waals surface area contributed by atoms with E-state index in [-0.39, 0.29) is 5.92 Å². The van der Waals surface area contributed by atoms with E-state index in [4.69, 9.17) is 5.26 Å². The maximum absolute atomic E-state index is 8.23. The monoisotopic (exact) mass is 96.1 g/mol. The minimum atomic E-state index is 0.125. The third-order valence-electron chi connectivity index (χ3n) is 1.06. The van der Waals surface area contributed by atoms with Crippen LogP contribution in [0.5, 0.6) is 0 Å². The predicted octanol–water partition coefficient (Wildman–Crippen LogP) is 1.76. The lowest BCUT2D eigenvalue weighted by Crippen LogP contribution is -1.96. The maximum atomic E-state index is 8.23. The Morgan fingerprint density at radius 3 is 2.00 bits per heavy atom. The van der Waals surface area contributed by atoms with Crippen LogP contribution in [-0.2, 0) is 0 Å². The van der Waals surface area contributed by atoms with Crippen LogP contribution in [0.3, 0.4) is 0 Å². The van der Waals surface area contributed by atoms with Crippen molar-refractivity contribution in [2.45, 2.75) is 20.8 Å². The quantitative estimate of drug-likeness (QED) is 0.488. The van der Waals surface area contributed by atoms with Gasteiger partial charge in [-0.25, -0.2) is 0 Å². The molecule has 0 aliphatic carbocycles. The van der Waals surface area contributed by atoms with E-state index in [1.54, 1.807) is 0 Å². The average Bonchev–Trinajstić information content (AvgIpc) is 1.65. The summed E-state index contributed by atoms with van der Waals surface area (Å²) in [5, 5.41) is 8.23. The van der Waals surface area contributed by atoms with Gasteiger partial charge in [0.15, 0.2) is 0 Å². The van der Waals surface area contributed by atoms with Gasteiger partial charge in [-0.05, 0) is 12.8 Å². The Balaban J connectivity index is 3.40. The summed E-state index contributed by atoms with van der Waals surface area (Å²) in [5.74, 6) is 1.31. The SMILES string of the molecule is C[C](C)C(C)C#N. The van der Waals surface area contributed by atoms with Gasteiger partial charge in [0.25, 0.3) is 0 Å². The molecule has 0 aromatic rings. The highest BCUT2D eigenvalue weighted by atomic mass is 14.3. The highest BCUT2D eigenvalue weighted by Crippen LogP contribution is 2.08. The van der Waals surface area contributed by atoms with Crippen molar-refractivity contribution in [3.63, 3.8) is 0 Å². The van der Waals surface area contributed by atoms with Crippen LogP contribution in [0, 0.1) is 23.2 Å². The van der Waals surface area contributed by atoms with E-state index in [1.807, 2.05) is 20.8 Å². The third-order valence-corrected chi connectivity index (χ3v) is 1.06. The van der Waals surface area contributed by atoms with Gasteiger partial charge >= 0.3 is 0 Å². The molecule has 0 N–H and O–H groups in total. The molecule has 0 amide bonds. The van der Waals surface area contributed by atoms with Crippen molar-refractivity contribution < 1.29 is 0 Å². The fraction of sp³-hybridized carbons (Fsp3) is 0.667. The van der Waals surface area contributed by atoms with Gasteiger partial charge in [0.05, 0.1) is 6.07 Å². The van der Waals surface area contributed by atoms with Crippen molar-refractivity contribution in [3.8, 4) is 6.07 Å². The molecule has 0 saturated carbocycles.